The molecule has 1 aliphatic rings. The number of nitro benzene ring substituents is 3. The van der Waals surface area contributed by atoms with Crippen LogP contribution < -0.4 is 0 Å². The molecule has 1 aromatic carbocycles. The van der Waals surface area contributed by atoms with Crippen LogP contribution >= 0.6 is 11.6 Å². The molecule has 28 heavy (non-hydrogen) atoms. The lowest BCUT2D eigenvalue weighted by Gasteiger charge is -2.31. The number of aromatic hydroxyl groups is 1. The molecular formula is C16H23ClN4O7. The quantitative estimate of drug-likeness (QED) is 0.427. The van der Waals surface area contributed by atoms with Gasteiger partial charge in [-0.1, -0.05) is 12.8 Å². The summed E-state index contributed by atoms with van der Waals surface area (Å²) < 4.78 is 0. The minimum Gasteiger partial charge on any atom is -0.497 e. The maximum atomic E-state index is 10.4. The molecule has 2 atom stereocenters. The SMILES string of the molecule is CC(CCl)N1CCCCCC1C.O=[N+]([O-])c1cc([N+](=O)[O-])c(O)c([N+](=O)[O-])c1. The molecule has 0 aromatic heterocycles. The van der Waals surface area contributed by atoms with E-state index in [9.17, 15) is 30.3 Å². The molecule has 2 unspecified atom stereocenters. The van der Waals surface area contributed by atoms with Gasteiger partial charge in [0.25, 0.3) is 11.4 Å². The first-order chi connectivity index (χ1) is 13.1. The summed E-state index contributed by atoms with van der Waals surface area (Å²) >= 11 is 5.86. The first-order valence-corrected chi connectivity index (χ1v) is 9.25. The number of likely N-dealkylation sites (tertiary alicyclic amines) is 1. The van der Waals surface area contributed by atoms with E-state index in [4.69, 9.17) is 16.7 Å². The number of nitro groups is 3. The van der Waals surface area contributed by atoms with E-state index in [-0.39, 0.29) is 0 Å². The van der Waals surface area contributed by atoms with Gasteiger partial charge >= 0.3 is 11.4 Å². The first-order valence-electron chi connectivity index (χ1n) is 8.72. The molecule has 0 aliphatic carbocycles. The molecule has 156 valence electrons. The zero-order chi connectivity index (χ0) is 21.4. The van der Waals surface area contributed by atoms with Crippen molar-refractivity contribution in [2.24, 2.45) is 0 Å². The molecule has 0 bridgehead atoms. The Kier molecular flexibility index (Phi) is 9.00. The van der Waals surface area contributed by atoms with Gasteiger partial charge in [0.05, 0.1) is 26.9 Å². The van der Waals surface area contributed by atoms with Crippen LogP contribution in [-0.4, -0.2) is 49.3 Å². The van der Waals surface area contributed by atoms with Crippen LogP contribution in [0.15, 0.2) is 12.1 Å². The molecule has 0 saturated carbocycles. The van der Waals surface area contributed by atoms with Gasteiger partial charge < -0.3 is 5.11 Å². The van der Waals surface area contributed by atoms with Crippen LogP contribution in [0.2, 0.25) is 0 Å². The number of benzene rings is 1. The summed E-state index contributed by atoms with van der Waals surface area (Å²) in [5.74, 6) is -0.440. The molecule has 0 amide bonds. The summed E-state index contributed by atoms with van der Waals surface area (Å²) in [6.07, 6.45) is 5.50. The third-order valence-corrected chi connectivity index (χ3v) is 5.00. The molecule has 2 rings (SSSR count). The monoisotopic (exact) mass is 418 g/mol. The second-order valence-electron chi connectivity index (χ2n) is 6.54. The second kappa shape index (κ2) is 10.7. The summed E-state index contributed by atoms with van der Waals surface area (Å²) in [7, 11) is 0. The highest BCUT2D eigenvalue weighted by atomic mass is 35.5. The highest BCUT2D eigenvalue weighted by Gasteiger charge is 2.30. The molecule has 1 aromatic rings. The average molecular weight is 419 g/mol. The predicted octanol–water partition coefficient (Wildman–Crippen LogP) is 4.00. The van der Waals surface area contributed by atoms with Crippen molar-refractivity contribution in [1.29, 1.82) is 0 Å². The van der Waals surface area contributed by atoms with Crippen LogP contribution in [0.4, 0.5) is 17.1 Å². The summed E-state index contributed by atoms with van der Waals surface area (Å²) in [6.45, 7) is 5.80. The molecule has 0 spiro atoms. The Morgan fingerprint density at radius 3 is 2.07 bits per heavy atom. The van der Waals surface area contributed by atoms with E-state index in [0.717, 1.165) is 11.9 Å². The van der Waals surface area contributed by atoms with Gasteiger partial charge in [-0.25, -0.2) is 0 Å². The van der Waals surface area contributed by atoms with Crippen molar-refractivity contribution in [3.8, 4) is 5.75 Å². The van der Waals surface area contributed by atoms with Crippen molar-refractivity contribution in [2.75, 3.05) is 12.4 Å². The van der Waals surface area contributed by atoms with Crippen LogP contribution in [0.25, 0.3) is 0 Å². The van der Waals surface area contributed by atoms with Crippen molar-refractivity contribution in [1.82, 2.24) is 4.90 Å². The second-order valence-corrected chi connectivity index (χ2v) is 6.85. The van der Waals surface area contributed by atoms with E-state index in [0.29, 0.717) is 18.2 Å². The normalized spacial score (nSPS) is 18.3. The number of hydrogen-bond acceptors (Lipinski definition) is 8. The standard InChI is InChI=1S/C10H20ClN.C6H3N3O7/c1-9-6-4-3-5-7-12(9)10(2)8-11;10-6-4(8(13)14)1-3(7(11)12)2-5(6)9(15)16/h9-10H,3-8H2,1-2H3;1-2,10H. The van der Waals surface area contributed by atoms with Crippen LogP contribution in [0.1, 0.15) is 39.5 Å². The van der Waals surface area contributed by atoms with Crippen LogP contribution in [-0.2, 0) is 0 Å². The number of halogens is 1. The van der Waals surface area contributed by atoms with Crippen molar-refractivity contribution in [3.05, 3.63) is 42.5 Å². The fourth-order valence-corrected chi connectivity index (χ4v) is 3.19. The molecule has 1 fully saturated rings. The molecular weight excluding hydrogens is 396 g/mol. The molecule has 1 saturated heterocycles. The minimum atomic E-state index is -1.21. The van der Waals surface area contributed by atoms with Gasteiger partial charge in [0, 0.05) is 18.0 Å². The smallest absolute Gasteiger partial charge is 0.324 e. The molecule has 1 heterocycles. The lowest BCUT2D eigenvalue weighted by molar-refractivity contribution is -0.404. The Bertz CT molecular complexity index is 696. The van der Waals surface area contributed by atoms with Gasteiger partial charge in [0.1, 0.15) is 0 Å². The first kappa shape index (κ1) is 23.5. The Morgan fingerprint density at radius 1 is 1.11 bits per heavy atom. The number of phenolic OH excluding ortho intramolecular Hbond substituents is 1. The molecule has 12 heteroatoms. The predicted molar refractivity (Wildman–Crippen MR) is 103 cm³/mol. The van der Waals surface area contributed by atoms with E-state index in [1.165, 1.54) is 32.2 Å². The fraction of sp³-hybridized carbons (Fsp3) is 0.625. The summed E-state index contributed by atoms with van der Waals surface area (Å²) in [6, 6.07) is 2.19. The zero-order valence-corrected chi connectivity index (χ0v) is 16.4. The van der Waals surface area contributed by atoms with E-state index in [2.05, 4.69) is 18.7 Å². The van der Waals surface area contributed by atoms with Crippen LogP contribution in [0, 0.1) is 30.3 Å². The van der Waals surface area contributed by atoms with Crippen LogP contribution in [0.5, 0.6) is 5.75 Å². The summed E-state index contributed by atoms with van der Waals surface area (Å²) in [5.41, 5.74) is -3.00. The minimum absolute atomic E-state index is 0.447. The van der Waals surface area contributed by atoms with Gasteiger partial charge in [-0.2, -0.15) is 0 Å². The average Bonchev–Trinajstić information content (AvgIpc) is 2.85. The van der Waals surface area contributed by atoms with Gasteiger partial charge in [-0.05, 0) is 33.2 Å². The van der Waals surface area contributed by atoms with E-state index in [1.807, 2.05) is 0 Å². The number of non-ortho nitro benzene ring substituents is 1. The number of nitrogens with zero attached hydrogens (tertiary/aromatic N) is 4. The Balaban J connectivity index is 0.000000292. The third kappa shape index (κ3) is 6.27. The Hall–Kier alpha value is -2.53. The Labute approximate surface area is 166 Å². The Morgan fingerprint density at radius 2 is 1.64 bits per heavy atom. The van der Waals surface area contributed by atoms with E-state index < -0.39 is 37.6 Å². The lowest BCUT2D eigenvalue weighted by atomic mass is 10.1. The van der Waals surface area contributed by atoms with Gasteiger partial charge in [-0.3, -0.25) is 35.2 Å². The lowest BCUT2D eigenvalue weighted by Crippen LogP contribution is -2.40. The van der Waals surface area contributed by atoms with Gasteiger partial charge in [0.15, 0.2) is 0 Å². The van der Waals surface area contributed by atoms with Gasteiger partial charge in [0.2, 0.25) is 0 Å². The fourth-order valence-electron chi connectivity index (χ4n) is 3.01. The zero-order valence-electron chi connectivity index (χ0n) is 15.6. The molecule has 11 nitrogen and oxygen atoms in total. The highest BCUT2D eigenvalue weighted by Crippen LogP contribution is 2.38. The van der Waals surface area contributed by atoms with Crippen molar-refractivity contribution < 1.29 is 19.9 Å². The third-order valence-electron chi connectivity index (χ3n) is 4.55. The largest absolute Gasteiger partial charge is 0.497 e. The summed E-state index contributed by atoms with van der Waals surface area (Å²) in [4.78, 5) is 30.3. The summed E-state index contributed by atoms with van der Waals surface area (Å²) in [5, 5.41) is 40.2. The van der Waals surface area contributed by atoms with E-state index in [1.54, 1.807) is 0 Å². The molecule has 1 N–H and O–H groups in total. The number of alkyl halides is 1. The van der Waals surface area contributed by atoms with Crippen molar-refractivity contribution in [3.63, 3.8) is 0 Å². The number of rotatable bonds is 5. The number of phenols is 1. The molecule has 0 radical (unpaired) electrons. The molecule has 1 aliphatic heterocycles. The van der Waals surface area contributed by atoms with Crippen molar-refractivity contribution in [2.45, 2.75) is 51.6 Å². The highest BCUT2D eigenvalue weighted by molar-refractivity contribution is 6.18. The van der Waals surface area contributed by atoms with Crippen molar-refractivity contribution >= 4 is 28.7 Å². The maximum Gasteiger partial charge on any atom is 0.324 e. The van der Waals surface area contributed by atoms with Crippen LogP contribution in [0.3, 0.4) is 0 Å². The maximum absolute atomic E-state index is 10.4. The van der Waals surface area contributed by atoms with Gasteiger partial charge in [-0.15, -0.1) is 11.6 Å². The number of hydrogen-bond donors (Lipinski definition) is 1. The topological polar surface area (TPSA) is 153 Å². The van der Waals surface area contributed by atoms with E-state index >= 15 is 0 Å².